The lowest BCUT2D eigenvalue weighted by Gasteiger charge is -2.14. The first-order chi connectivity index (χ1) is 8.33. The molecule has 17 heavy (non-hydrogen) atoms. The number of nitrogens with one attached hydrogen (secondary N) is 1. The zero-order valence-electron chi connectivity index (χ0n) is 9.00. The van der Waals surface area contributed by atoms with E-state index in [1.165, 1.54) is 6.20 Å². The van der Waals surface area contributed by atoms with E-state index in [4.69, 9.17) is 18.9 Å². The number of rotatable bonds is 2. The van der Waals surface area contributed by atoms with E-state index in [0.717, 1.165) is 6.42 Å². The number of aromatic amines is 1. The molecule has 1 N–H and O–H groups in total. The summed E-state index contributed by atoms with van der Waals surface area (Å²) in [6.07, 6.45) is 2.57. The van der Waals surface area contributed by atoms with Gasteiger partial charge < -0.3 is 23.9 Å². The first-order valence-corrected chi connectivity index (χ1v) is 5.44. The zero-order valence-corrected chi connectivity index (χ0v) is 9.00. The molecule has 3 rings (SSSR count). The van der Waals surface area contributed by atoms with Gasteiger partial charge in [-0.3, -0.25) is 0 Å². The van der Waals surface area contributed by atoms with Crippen molar-refractivity contribution >= 4 is 6.16 Å². The normalized spacial score (nSPS) is 31.2. The number of carbonyl (C=O) groups is 1. The summed E-state index contributed by atoms with van der Waals surface area (Å²) in [4.78, 5) is 17.9. The molecule has 92 valence electrons. The van der Waals surface area contributed by atoms with Crippen LogP contribution in [-0.2, 0) is 14.2 Å². The largest absolute Gasteiger partial charge is 0.516 e. The van der Waals surface area contributed by atoms with Gasteiger partial charge in [0, 0.05) is 12.4 Å². The Hall–Kier alpha value is -1.60. The lowest BCUT2D eigenvalue weighted by molar-refractivity contribution is -0.0907. The average Bonchev–Trinajstić information content (AvgIpc) is 2.97. The van der Waals surface area contributed by atoms with Crippen LogP contribution in [0.5, 0.6) is 6.01 Å². The van der Waals surface area contributed by atoms with Crippen LogP contribution in [0, 0.1) is 5.92 Å². The molecule has 0 aromatic carbocycles. The topological polar surface area (TPSA) is 82.7 Å². The van der Waals surface area contributed by atoms with Gasteiger partial charge in [0.15, 0.2) is 6.29 Å². The van der Waals surface area contributed by atoms with E-state index >= 15 is 0 Å². The van der Waals surface area contributed by atoms with Crippen LogP contribution in [0.4, 0.5) is 4.79 Å². The predicted octanol–water partition coefficient (Wildman–Crippen LogP) is 0.686. The van der Waals surface area contributed by atoms with Crippen molar-refractivity contribution in [1.82, 2.24) is 9.97 Å². The molecule has 3 atom stereocenters. The Morgan fingerprint density at radius 2 is 2.47 bits per heavy atom. The van der Waals surface area contributed by atoms with Crippen molar-refractivity contribution in [3.63, 3.8) is 0 Å². The summed E-state index contributed by atoms with van der Waals surface area (Å²) in [5, 5.41) is 0. The van der Waals surface area contributed by atoms with Crippen molar-refractivity contribution in [3.8, 4) is 6.01 Å². The number of hydrogen-bond acceptors (Lipinski definition) is 6. The van der Waals surface area contributed by atoms with Gasteiger partial charge in [0.1, 0.15) is 6.10 Å². The Kier molecular flexibility index (Phi) is 2.69. The molecule has 7 heteroatoms. The van der Waals surface area contributed by atoms with Crippen molar-refractivity contribution in [2.45, 2.75) is 18.8 Å². The Morgan fingerprint density at radius 1 is 1.53 bits per heavy atom. The number of nitrogens with zero attached hydrogens (tertiary/aromatic N) is 1. The second-order valence-electron chi connectivity index (χ2n) is 3.93. The van der Waals surface area contributed by atoms with E-state index < -0.39 is 6.16 Å². The molecule has 2 aliphatic heterocycles. The van der Waals surface area contributed by atoms with Crippen molar-refractivity contribution in [2.24, 2.45) is 5.92 Å². The predicted molar refractivity (Wildman–Crippen MR) is 53.3 cm³/mol. The summed E-state index contributed by atoms with van der Waals surface area (Å²) in [6.45, 7) is 0.991. The Labute approximate surface area is 97.0 Å². The maximum absolute atomic E-state index is 11.5. The first kappa shape index (κ1) is 10.5. The SMILES string of the molecule is O=C(Oc1ncc[nH]1)O[C@H]1CO[C@H]2OCC[C@H]21. The van der Waals surface area contributed by atoms with Crippen LogP contribution < -0.4 is 4.74 Å². The maximum Gasteiger partial charge on any atom is 0.516 e. The molecule has 1 aromatic rings. The number of fused-ring (bicyclic) bond motifs is 1. The highest BCUT2D eigenvalue weighted by atomic mass is 16.8. The molecule has 1 aromatic heterocycles. The number of imidazole rings is 1. The molecule has 2 fully saturated rings. The number of hydrogen-bond donors (Lipinski definition) is 1. The van der Waals surface area contributed by atoms with Crippen molar-refractivity contribution in [2.75, 3.05) is 13.2 Å². The molecule has 0 spiro atoms. The summed E-state index contributed by atoms with van der Waals surface area (Å²) in [7, 11) is 0. The molecule has 7 nitrogen and oxygen atoms in total. The fourth-order valence-electron chi connectivity index (χ4n) is 2.08. The third kappa shape index (κ3) is 2.11. The highest BCUT2D eigenvalue weighted by Crippen LogP contribution is 2.33. The van der Waals surface area contributed by atoms with Gasteiger partial charge in [-0.25, -0.2) is 9.78 Å². The van der Waals surface area contributed by atoms with Gasteiger partial charge in [0.25, 0.3) is 0 Å². The minimum atomic E-state index is -0.777. The van der Waals surface area contributed by atoms with E-state index in [1.54, 1.807) is 6.20 Å². The fraction of sp³-hybridized carbons (Fsp3) is 0.600. The van der Waals surface area contributed by atoms with Crippen LogP contribution in [0.25, 0.3) is 0 Å². The minimum absolute atomic E-state index is 0.110. The molecule has 0 radical (unpaired) electrons. The van der Waals surface area contributed by atoms with Crippen LogP contribution in [0.2, 0.25) is 0 Å². The molecule has 0 aliphatic carbocycles. The van der Waals surface area contributed by atoms with Gasteiger partial charge in [-0.1, -0.05) is 0 Å². The average molecular weight is 240 g/mol. The lowest BCUT2D eigenvalue weighted by atomic mass is 10.0. The van der Waals surface area contributed by atoms with Crippen LogP contribution in [0.1, 0.15) is 6.42 Å². The second-order valence-corrected chi connectivity index (χ2v) is 3.93. The summed E-state index contributed by atoms with van der Waals surface area (Å²) in [5.41, 5.74) is 0. The van der Waals surface area contributed by atoms with Crippen molar-refractivity contribution in [1.29, 1.82) is 0 Å². The van der Waals surface area contributed by atoms with Crippen molar-refractivity contribution in [3.05, 3.63) is 12.4 Å². The summed E-state index contributed by atoms with van der Waals surface area (Å²) in [5.74, 6) is 0.110. The van der Waals surface area contributed by atoms with E-state index in [9.17, 15) is 4.79 Å². The molecular weight excluding hydrogens is 228 g/mol. The quantitative estimate of drug-likeness (QED) is 0.765. The van der Waals surface area contributed by atoms with Gasteiger partial charge in [-0.05, 0) is 6.42 Å². The lowest BCUT2D eigenvalue weighted by Crippen LogP contribution is -2.28. The zero-order chi connectivity index (χ0) is 11.7. The van der Waals surface area contributed by atoms with Gasteiger partial charge in [0.05, 0.1) is 19.1 Å². The second kappa shape index (κ2) is 4.34. The highest BCUT2D eigenvalue weighted by Gasteiger charge is 2.44. The van der Waals surface area contributed by atoms with E-state index in [-0.39, 0.29) is 24.3 Å². The van der Waals surface area contributed by atoms with E-state index in [1.807, 2.05) is 0 Å². The van der Waals surface area contributed by atoms with Crippen LogP contribution in [0.3, 0.4) is 0 Å². The molecule has 0 saturated carbocycles. The maximum atomic E-state index is 11.5. The van der Waals surface area contributed by atoms with E-state index in [0.29, 0.717) is 13.2 Å². The third-order valence-electron chi connectivity index (χ3n) is 2.89. The molecule has 0 amide bonds. The van der Waals surface area contributed by atoms with Crippen LogP contribution >= 0.6 is 0 Å². The number of H-pyrrole nitrogens is 1. The third-order valence-corrected chi connectivity index (χ3v) is 2.89. The van der Waals surface area contributed by atoms with Crippen LogP contribution in [-0.4, -0.2) is 41.7 Å². The monoisotopic (exact) mass is 240 g/mol. The van der Waals surface area contributed by atoms with Gasteiger partial charge in [-0.15, -0.1) is 0 Å². The molecule has 0 unspecified atom stereocenters. The number of carbonyl (C=O) groups excluding carboxylic acids is 1. The van der Waals surface area contributed by atoms with E-state index in [2.05, 4.69) is 9.97 Å². The summed E-state index contributed by atoms with van der Waals surface area (Å²) < 4.78 is 20.7. The standard InChI is InChI=1S/C10H12N2O5/c13-10(17-9-11-2-3-12-9)16-7-5-15-8-6(7)1-4-14-8/h2-3,6-8H,1,4-5H2,(H,11,12)/t6-,7-,8+/m0/s1. The van der Waals surface area contributed by atoms with Crippen LogP contribution in [0.15, 0.2) is 12.4 Å². The van der Waals surface area contributed by atoms with Crippen molar-refractivity contribution < 1.29 is 23.7 Å². The molecular formula is C10H12N2O5. The fourth-order valence-corrected chi connectivity index (χ4v) is 2.08. The molecule has 2 saturated heterocycles. The Morgan fingerprint density at radius 3 is 3.29 bits per heavy atom. The Balaban J connectivity index is 1.55. The first-order valence-electron chi connectivity index (χ1n) is 5.44. The van der Waals surface area contributed by atoms with Gasteiger partial charge >= 0.3 is 12.2 Å². The number of ether oxygens (including phenoxy) is 4. The molecule has 0 bridgehead atoms. The summed E-state index contributed by atoms with van der Waals surface area (Å²) >= 11 is 0. The van der Waals surface area contributed by atoms with Gasteiger partial charge in [-0.2, -0.15) is 0 Å². The smallest absolute Gasteiger partial charge is 0.428 e. The summed E-state index contributed by atoms with van der Waals surface area (Å²) in [6, 6.07) is 0.119. The Bertz CT molecular complexity index is 393. The molecule has 3 heterocycles. The minimum Gasteiger partial charge on any atom is -0.428 e. The highest BCUT2D eigenvalue weighted by molar-refractivity contribution is 5.62. The van der Waals surface area contributed by atoms with Gasteiger partial charge in [0.2, 0.25) is 0 Å². The number of aromatic nitrogens is 2. The molecule has 2 aliphatic rings.